The Kier molecular flexibility index (Phi) is 5.93. The maximum Gasteiger partial charge on any atom is 0.416 e. The van der Waals surface area contributed by atoms with E-state index in [1.807, 2.05) is 24.3 Å². The second kappa shape index (κ2) is 8.55. The number of ether oxygens (including phenoxy) is 1. The molecular weight excluding hydrogens is 371 g/mol. The molecule has 2 N–H and O–H groups in total. The van der Waals surface area contributed by atoms with Crippen LogP contribution < -0.4 is 15.4 Å². The van der Waals surface area contributed by atoms with Crippen molar-refractivity contribution in [1.29, 1.82) is 0 Å². The minimum atomic E-state index is -4.37. The minimum Gasteiger partial charge on any atom is -0.496 e. The van der Waals surface area contributed by atoms with Crippen LogP contribution in [0.1, 0.15) is 11.1 Å². The van der Waals surface area contributed by atoms with Crippen molar-refractivity contribution in [3.05, 3.63) is 65.9 Å². The molecule has 3 aromatic rings. The smallest absolute Gasteiger partial charge is 0.416 e. The molecule has 2 aromatic carbocycles. The molecule has 0 aliphatic carbocycles. The molecule has 9 heteroatoms. The summed E-state index contributed by atoms with van der Waals surface area (Å²) in [5.41, 5.74) is 0.801. The standard InChI is InChI=1S/C19H18F3N5O/c1-28-16-5-3-2-4-13(16)10-11-23-18-26-17(12-24-27-18)25-15-8-6-14(7-9-15)19(20,21)22/h2-9,12H,10-11H2,1H3,(H2,23,25,26,27). The molecule has 0 spiro atoms. The topological polar surface area (TPSA) is 72.0 Å². The minimum absolute atomic E-state index is 0.312. The molecule has 0 saturated carbocycles. The van der Waals surface area contributed by atoms with E-state index in [1.165, 1.54) is 18.3 Å². The number of aromatic nitrogens is 3. The highest BCUT2D eigenvalue weighted by molar-refractivity contribution is 5.56. The number of hydrogen-bond donors (Lipinski definition) is 2. The Morgan fingerprint density at radius 2 is 1.79 bits per heavy atom. The number of halogens is 3. The highest BCUT2D eigenvalue weighted by Crippen LogP contribution is 2.30. The van der Waals surface area contributed by atoms with Gasteiger partial charge in [-0.15, -0.1) is 5.10 Å². The van der Waals surface area contributed by atoms with Gasteiger partial charge in [0.05, 0.1) is 18.9 Å². The quantitative estimate of drug-likeness (QED) is 0.628. The van der Waals surface area contributed by atoms with E-state index < -0.39 is 11.7 Å². The van der Waals surface area contributed by atoms with Crippen molar-refractivity contribution in [3.8, 4) is 5.75 Å². The molecule has 1 heterocycles. The zero-order chi connectivity index (χ0) is 20.0. The van der Waals surface area contributed by atoms with E-state index in [1.54, 1.807) is 7.11 Å². The van der Waals surface area contributed by atoms with E-state index >= 15 is 0 Å². The summed E-state index contributed by atoms with van der Waals surface area (Å²) in [4.78, 5) is 4.26. The predicted molar refractivity (Wildman–Crippen MR) is 99.7 cm³/mol. The number of nitrogens with zero attached hydrogens (tertiary/aromatic N) is 3. The summed E-state index contributed by atoms with van der Waals surface area (Å²) in [6.45, 7) is 0.561. The van der Waals surface area contributed by atoms with Crippen molar-refractivity contribution >= 4 is 17.5 Å². The molecule has 6 nitrogen and oxygen atoms in total. The van der Waals surface area contributed by atoms with Crippen LogP contribution in [-0.4, -0.2) is 28.8 Å². The van der Waals surface area contributed by atoms with Crippen molar-refractivity contribution in [3.63, 3.8) is 0 Å². The number of rotatable bonds is 7. The fourth-order valence-electron chi connectivity index (χ4n) is 2.55. The van der Waals surface area contributed by atoms with Crippen molar-refractivity contribution in [2.75, 3.05) is 24.3 Å². The molecule has 0 atom stereocenters. The van der Waals surface area contributed by atoms with E-state index in [4.69, 9.17) is 4.74 Å². The first-order valence-corrected chi connectivity index (χ1v) is 8.45. The van der Waals surface area contributed by atoms with Gasteiger partial charge in [-0.2, -0.15) is 23.3 Å². The molecule has 3 rings (SSSR count). The van der Waals surface area contributed by atoms with Crippen LogP contribution in [0.15, 0.2) is 54.7 Å². The molecule has 0 saturated heterocycles. The van der Waals surface area contributed by atoms with Gasteiger partial charge in [0.1, 0.15) is 5.75 Å². The van der Waals surface area contributed by atoms with Gasteiger partial charge in [0, 0.05) is 12.2 Å². The molecule has 28 heavy (non-hydrogen) atoms. The summed E-state index contributed by atoms with van der Waals surface area (Å²) in [6, 6.07) is 12.4. The third-order valence-corrected chi connectivity index (χ3v) is 3.91. The largest absolute Gasteiger partial charge is 0.496 e. The molecular formula is C19H18F3N5O. The second-order valence-electron chi connectivity index (χ2n) is 5.85. The fraction of sp³-hybridized carbons (Fsp3) is 0.211. The lowest BCUT2D eigenvalue weighted by Gasteiger charge is -2.10. The number of benzene rings is 2. The Morgan fingerprint density at radius 1 is 1.04 bits per heavy atom. The van der Waals surface area contributed by atoms with E-state index in [-0.39, 0.29) is 0 Å². The number of methoxy groups -OCH3 is 1. The van der Waals surface area contributed by atoms with Crippen LogP contribution in [0.4, 0.5) is 30.6 Å². The van der Waals surface area contributed by atoms with Crippen molar-refractivity contribution in [2.45, 2.75) is 12.6 Å². The molecule has 0 aliphatic heterocycles. The lowest BCUT2D eigenvalue weighted by atomic mass is 10.1. The van der Waals surface area contributed by atoms with Crippen LogP contribution in [0, 0.1) is 0 Å². The zero-order valence-electron chi connectivity index (χ0n) is 15.0. The average Bonchev–Trinajstić information content (AvgIpc) is 2.68. The SMILES string of the molecule is COc1ccccc1CCNc1nncc(Nc2ccc(C(F)(F)F)cc2)n1. The number of anilines is 3. The third-order valence-electron chi connectivity index (χ3n) is 3.91. The van der Waals surface area contributed by atoms with Gasteiger partial charge in [-0.1, -0.05) is 18.2 Å². The fourth-order valence-corrected chi connectivity index (χ4v) is 2.55. The van der Waals surface area contributed by atoms with Gasteiger partial charge in [0.25, 0.3) is 0 Å². The zero-order valence-corrected chi connectivity index (χ0v) is 15.0. The van der Waals surface area contributed by atoms with Crippen molar-refractivity contribution < 1.29 is 17.9 Å². The average molecular weight is 389 g/mol. The van der Waals surface area contributed by atoms with Crippen molar-refractivity contribution in [1.82, 2.24) is 15.2 Å². The summed E-state index contributed by atoms with van der Waals surface area (Å²) in [6.07, 6.45) is -2.28. The molecule has 146 valence electrons. The van der Waals surface area contributed by atoms with E-state index in [9.17, 15) is 13.2 Å². The van der Waals surface area contributed by atoms with Gasteiger partial charge < -0.3 is 15.4 Å². The molecule has 0 fully saturated rings. The summed E-state index contributed by atoms with van der Waals surface area (Å²) in [5.74, 6) is 1.49. The molecule has 0 amide bonds. The van der Waals surface area contributed by atoms with E-state index in [0.717, 1.165) is 23.4 Å². The first-order valence-electron chi connectivity index (χ1n) is 8.45. The highest BCUT2D eigenvalue weighted by Gasteiger charge is 2.29. The second-order valence-corrected chi connectivity index (χ2v) is 5.85. The number of alkyl halides is 3. The Morgan fingerprint density at radius 3 is 2.50 bits per heavy atom. The highest BCUT2D eigenvalue weighted by atomic mass is 19.4. The number of nitrogens with one attached hydrogen (secondary N) is 2. The monoisotopic (exact) mass is 389 g/mol. The van der Waals surface area contributed by atoms with Crippen LogP contribution in [0.5, 0.6) is 5.75 Å². The van der Waals surface area contributed by atoms with Gasteiger partial charge in [-0.3, -0.25) is 0 Å². The summed E-state index contributed by atoms with van der Waals surface area (Å²) < 4.78 is 43.2. The Bertz CT molecular complexity index is 916. The van der Waals surface area contributed by atoms with Gasteiger partial charge in [0.15, 0.2) is 5.82 Å². The van der Waals surface area contributed by atoms with Crippen LogP contribution in [-0.2, 0) is 12.6 Å². The van der Waals surface area contributed by atoms with Gasteiger partial charge in [-0.05, 0) is 42.3 Å². The Hall–Kier alpha value is -3.36. The molecule has 1 aromatic heterocycles. The molecule has 0 aliphatic rings. The first kappa shape index (κ1) is 19.4. The molecule has 0 radical (unpaired) electrons. The van der Waals surface area contributed by atoms with E-state index in [2.05, 4.69) is 25.8 Å². The first-order chi connectivity index (χ1) is 13.5. The Labute approximate surface area is 159 Å². The Balaban J connectivity index is 1.59. The van der Waals surface area contributed by atoms with Gasteiger partial charge >= 0.3 is 6.18 Å². The van der Waals surface area contributed by atoms with Crippen LogP contribution in [0.2, 0.25) is 0 Å². The maximum absolute atomic E-state index is 12.6. The van der Waals surface area contributed by atoms with Gasteiger partial charge in [0.2, 0.25) is 5.95 Å². The van der Waals surface area contributed by atoms with E-state index in [0.29, 0.717) is 30.4 Å². The van der Waals surface area contributed by atoms with Crippen LogP contribution >= 0.6 is 0 Å². The normalized spacial score (nSPS) is 11.1. The molecule has 0 unspecified atom stereocenters. The van der Waals surface area contributed by atoms with Crippen LogP contribution in [0.3, 0.4) is 0 Å². The summed E-state index contributed by atoms with van der Waals surface area (Å²) >= 11 is 0. The van der Waals surface area contributed by atoms with Gasteiger partial charge in [-0.25, -0.2) is 0 Å². The lowest BCUT2D eigenvalue weighted by Crippen LogP contribution is -2.10. The van der Waals surface area contributed by atoms with Crippen molar-refractivity contribution in [2.24, 2.45) is 0 Å². The third kappa shape index (κ3) is 5.09. The predicted octanol–water partition coefficient (Wildman–Crippen LogP) is 4.30. The molecule has 0 bridgehead atoms. The number of hydrogen-bond acceptors (Lipinski definition) is 6. The summed E-state index contributed by atoms with van der Waals surface area (Å²) in [5, 5.41) is 13.7. The number of para-hydroxylation sites is 1. The lowest BCUT2D eigenvalue weighted by molar-refractivity contribution is -0.137. The maximum atomic E-state index is 12.6. The van der Waals surface area contributed by atoms with Crippen LogP contribution in [0.25, 0.3) is 0 Å². The summed E-state index contributed by atoms with van der Waals surface area (Å²) in [7, 11) is 1.62.